The quantitative estimate of drug-likeness (QED) is 0.481. The van der Waals surface area contributed by atoms with Gasteiger partial charge >= 0.3 is 5.97 Å². The van der Waals surface area contributed by atoms with Crippen LogP contribution in [-0.4, -0.2) is 56.0 Å². The summed E-state index contributed by atoms with van der Waals surface area (Å²) in [6, 6.07) is 9.27. The first-order valence-corrected chi connectivity index (χ1v) is 8.29. The second kappa shape index (κ2) is 11.9. The van der Waals surface area contributed by atoms with Gasteiger partial charge in [-0.05, 0) is 18.6 Å². The zero-order valence-corrected chi connectivity index (χ0v) is 14.8. The van der Waals surface area contributed by atoms with Gasteiger partial charge in [0.1, 0.15) is 5.75 Å². The number of esters is 1. The van der Waals surface area contributed by atoms with Crippen LogP contribution in [0.4, 0.5) is 0 Å². The summed E-state index contributed by atoms with van der Waals surface area (Å²) < 4.78 is 10.2. The van der Waals surface area contributed by atoms with Crippen molar-refractivity contribution >= 4 is 17.8 Å². The van der Waals surface area contributed by atoms with Gasteiger partial charge in [-0.1, -0.05) is 18.2 Å². The smallest absolute Gasteiger partial charge is 0.307 e. The minimum atomic E-state index is -0.361. The van der Waals surface area contributed by atoms with Crippen molar-refractivity contribution in [1.29, 1.82) is 0 Å². The van der Waals surface area contributed by atoms with Gasteiger partial charge in [-0.2, -0.15) is 0 Å². The first-order chi connectivity index (χ1) is 12.0. The highest BCUT2D eigenvalue weighted by Gasteiger charge is 2.15. The third-order valence-corrected chi connectivity index (χ3v) is 3.47. The molecule has 0 aromatic heterocycles. The Balaban J connectivity index is 2.43. The van der Waals surface area contributed by atoms with Crippen molar-refractivity contribution in [3.63, 3.8) is 0 Å². The molecule has 7 nitrogen and oxygen atoms in total. The van der Waals surface area contributed by atoms with E-state index in [1.54, 1.807) is 4.90 Å². The normalized spacial score (nSPS) is 10.0. The average molecular weight is 350 g/mol. The van der Waals surface area contributed by atoms with Crippen LogP contribution >= 0.6 is 0 Å². The number of amides is 2. The zero-order chi connectivity index (χ0) is 18.5. The van der Waals surface area contributed by atoms with Crippen LogP contribution in [0.15, 0.2) is 30.3 Å². The Labute approximate surface area is 148 Å². The van der Waals surface area contributed by atoms with Crippen molar-refractivity contribution in [2.24, 2.45) is 0 Å². The first-order valence-electron chi connectivity index (χ1n) is 8.29. The van der Waals surface area contributed by atoms with Gasteiger partial charge < -0.3 is 19.7 Å². The summed E-state index contributed by atoms with van der Waals surface area (Å²) in [5.74, 6) is 0.147. The largest absolute Gasteiger partial charge is 0.493 e. The van der Waals surface area contributed by atoms with Crippen molar-refractivity contribution in [1.82, 2.24) is 10.2 Å². The molecule has 2 amide bonds. The standard InChI is InChI=1S/C18H26N2O5/c1-15(21)19-11-6-12-20(13-9-18(23)24-2)17(22)10-14-25-16-7-4-3-5-8-16/h3-5,7-8H,6,9-14H2,1-2H3,(H,19,21). The van der Waals surface area contributed by atoms with Crippen LogP contribution in [-0.2, 0) is 19.1 Å². The third kappa shape index (κ3) is 9.34. The van der Waals surface area contributed by atoms with Crippen molar-refractivity contribution in [3.05, 3.63) is 30.3 Å². The van der Waals surface area contributed by atoms with E-state index < -0.39 is 0 Å². The van der Waals surface area contributed by atoms with Crippen LogP contribution in [0.5, 0.6) is 5.75 Å². The minimum absolute atomic E-state index is 0.0948. The van der Waals surface area contributed by atoms with E-state index in [1.807, 2.05) is 30.3 Å². The van der Waals surface area contributed by atoms with Crippen LogP contribution in [0.3, 0.4) is 0 Å². The van der Waals surface area contributed by atoms with Crippen LogP contribution < -0.4 is 10.1 Å². The molecule has 0 aliphatic carbocycles. The number of benzene rings is 1. The molecule has 1 aromatic rings. The fraction of sp³-hybridized carbons (Fsp3) is 0.500. The summed E-state index contributed by atoms with van der Waals surface area (Å²) in [7, 11) is 1.32. The van der Waals surface area contributed by atoms with Gasteiger partial charge in [0, 0.05) is 26.6 Å². The van der Waals surface area contributed by atoms with Crippen LogP contribution in [0, 0.1) is 0 Å². The van der Waals surface area contributed by atoms with Gasteiger partial charge in [-0.3, -0.25) is 14.4 Å². The van der Waals surface area contributed by atoms with E-state index in [9.17, 15) is 14.4 Å². The maximum absolute atomic E-state index is 12.4. The molecule has 0 saturated carbocycles. The van der Waals surface area contributed by atoms with Crippen LogP contribution in [0.2, 0.25) is 0 Å². The number of hydrogen-bond donors (Lipinski definition) is 1. The van der Waals surface area contributed by atoms with Crippen LogP contribution in [0.25, 0.3) is 0 Å². The summed E-state index contributed by atoms with van der Waals surface area (Å²) >= 11 is 0. The molecule has 1 aromatic carbocycles. The Hall–Kier alpha value is -2.57. The molecule has 0 fully saturated rings. The number of carbonyl (C=O) groups is 3. The van der Waals surface area contributed by atoms with E-state index in [-0.39, 0.29) is 43.8 Å². The molecule has 0 aliphatic rings. The third-order valence-electron chi connectivity index (χ3n) is 3.47. The summed E-state index contributed by atoms with van der Waals surface area (Å²) in [6.07, 6.45) is 0.976. The van der Waals surface area contributed by atoms with Crippen molar-refractivity contribution in [3.8, 4) is 5.75 Å². The van der Waals surface area contributed by atoms with Gasteiger partial charge in [0.2, 0.25) is 11.8 Å². The highest BCUT2D eigenvalue weighted by molar-refractivity contribution is 5.77. The minimum Gasteiger partial charge on any atom is -0.493 e. The SMILES string of the molecule is COC(=O)CCN(CCCNC(C)=O)C(=O)CCOc1ccccc1. The van der Waals surface area contributed by atoms with Gasteiger partial charge in [-0.15, -0.1) is 0 Å². The molecule has 138 valence electrons. The van der Waals surface area contributed by atoms with Gasteiger partial charge in [0.25, 0.3) is 0 Å². The van der Waals surface area contributed by atoms with E-state index >= 15 is 0 Å². The monoisotopic (exact) mass is 350 g/mol. The molecule has 7 heteroatoms. The number of nitrogens with one attached hydrogen (secondary N) is 1. The van der Waals surface area contributed by atoms with E-state index in [1.165, 1.54) is 14.0 Å². The lowest BCUT2D eigenvalue weighted by molar-refractivity contribution is -0.141. The van der Waals surface area contributed by atoms with E-state index in [0.29, 0.717) is 25.3 Å². The molecule has 0 radical (unpaired) electrons. The van der Waals surface area contributed by atoms with E-state index in [2.05, 4.69) is 10.1 Å². The summed E-state index contributed by atoms with van der Waals surface area (Å²) in [6.45, 7) is 2.95. The number of rotatable bonds is 11. The molecular weight excluding hydrogens is 324 g/mol. The van der Waals surface area contributed by atoms with Crippen molar-refractivity contribution < 1.29 is 23.9 Å². The van der Waals surface area contributed by atoms with Crippen molar-refractivity contribution in [2.75, 3.05) is 33.4 Å². The van der Waals surface area contributed by atoms with Gasteiger partial charge in [-0.25, -0.2) is 0 Å². The molecule has 0 bridgehead atoms. The molecule has 0 heterocycles. The highest BCUT2D eigenvalue weighted by atomic mass is 16.5. The second-order valence-corrected chi connectivity index (χ2v) is 5.45. The summed E-state index contributed by atoms with van der Waals surface area (Å²) in [5, 5.41) is 2.69. The lowest BCUT2D eigenvalue weighted by Gasteiger charge is -2.22. The van der Waals surface area contributed by atoms with E-state index in [0.717, 1.165) is 0 Å². The number of ether oxygens (including phenoxy) is 2. The molecule has 0 aliphatic heterocycles. The maximum Gasteiger partial charge on any atom is 0.307 e. The predicted molar refractivity (Wildman–Crippen MR) is 93.1 cm³/mol. The zero-order valence-electron chi connectivity index (χ0n) is 14.8. The molecule has 0 saturated heterocycles. The topological polar surface area (TPSA) is 84.9 Å². The van der Waals surface area contributed by atoms with Crippen molar-refractivity contribution in [2.45, 2.75) is 26.2 Å². The molecule has 0 atom stereocenters. The Morgan fingerprint density at radius 1 is 1.08 bits per heavy atom. The first kappa shape index (κ1) is 20.5. The number of hydrogen-bond acceptors (Lipinski definition) is 5. The predicted octanol–water partition coefficient (Wildman–Crippen LogP) is 1.37. The number of methoxy groups -OCH3 is 1. The molecule has 1 N–H and O–H groups in total. The molecule has 25 heavy (non-hydrogen) atoms. The molecule has 1 rings (SSSR count). The lowest BCUT2D eigenvalue weighted by Crippen LogP contribution is -2.36. The molecule has 0 spiro atoms. The Morgan fingerprint density at radius 2 is 1.80 bits per heavy atom. The Morgan fingerprint density at radius 3 is 2.44 bits per heavy atom. The number of para-hydroxylation sites is 1. The summed E-state index contributed by atoms with van der Waals surface area (Å²) in [4.78, 5) is 36.2. The fourth-order valence-electron chi connectivity index (χ4n) is 2.15. The average Bonchev–Trinajstić information content (AvgIpc) is 2.61. The lowest BCUT2D eigenvalue weighted by atomic mass is 10.3. The molecule has 0 unspecified atom stereocenters. The van der Waals surface area contributed by atoms with Crippen LogP contribution in [0.1, 0.15) is 26.2 Å². The number of carbonyl (C=O) groups excluding carboxylic acids is 3. The highest BCUT2D eigenvalue weighted by Crippen LogP contribution is 2.09. The van der Waals surface area contributed by atoms with E-state index in [4.69, 9.17) is 4.74 Å². The fourth-order valence-corrected chi connectivity index (χ4v) is 2.15. The number of nitrogens with zero attached hydrogens (tertiary/aromatic N) is 1. The maximum atomic E-state index is 12.4. The molecular formula is C18H26N2O5. The Kier molecular flexibility index (Phi) is 9.74. The summed E-state index contributed by atoms with van der Waals surface area (Å²) in [5.41, 5.74) is 0. The van der Waals surface area contributed by atoms with Gasteiger partial charge in [0.05, 0.1) is 26.6 Å². The second-order valence-electron chi connectivity index (χ2n) is 5.45. The Bertz CT molecular complexity index is 548. The van der Waals surface area contributed by atoms with Gasteiger partial charge in [0.15, 0.2) is 0 Å².